The van der Waals surface area contributed by atoms with Crippen molar-refractivity contribution in [2.45, 2.75) is 45.3 Å². The number of aromatic nitrogens is 1. The third kappa shape index (κ3) is 3.34. The number of aliphatic imine (C=N–C) groups is 1. The molecule has 3 rings (SSSR count). The molecule has 0 radical (unpaired) electrons. The van der Waals surface area contributed by atoms with Gasteiger partial charge in [-0.05, 0) is 43.0 Å². The highest BCUT2D eigenvalue weighted by Crippen LogP contribution is 2.31. The van der Waals surface area contributed by atoms with Crippen LogP contribution in [0.2, 0.25) is 0 Å². The van der Waals surface area contributed by atoms with Crippen LogP contribution in [0.15, 0.2) is 47.7 Å². The van der Waals surface area contributed by atoms with Crippen LogP contribution >= 0.6 is 0 Å². The first-order valence-corrected chi connectivity index (χ1v) is 8.32. The van der Waals surface area contributed by atoms with E-state index in [1.54, 1.807) is 12.4 Å². The van der Waals surface area contributed by atoms with Crippen molar-refractivity contribution in [3.63, 3.8) is 0 Å². The number of hydrogen-bond acceptors (Lipinski definition) is 4. The maximum Gasteiger partial charge on any atom is 0.217 e. The van der Waals surface area contributed by atoms with Gasteiger partial charge in [0.15, 0.2) is 0 Å². The van der Waals surface area contributed by atoms with Crippen molar-refractivity contribution in [3.05, 3.63) is 65.0 Å². The molecule has 0 spiro atoms. The molecular formula is C20H24N2O2. The van der Waals surface area contributed by atoms with E-state index in [1.165, 1.54) is 5.56 Å². The maximum absolute atomic E-state index is 10.9. The number of aliphatic hydroxyl groups is 1. The van der Waals surface area contributed by atoms with E-state index in [1.807, 2.05) is 32.0 Å². The van der Waals surface area contributed by atoms with E-state index in [0.29, 0.717) is 18.4 Å². The summed E-state index contributed by atoms with van der Waals surface area (Å²) in [5.74, 6) is 0.982. The molecule has 0 fully saturated rings. The summed E-state index contributed by atoms with van der Waals surface area (Å²) in [6.45, 7) is 8.92. The van der Waals surface area contributed by atoms with Gasteiger partial charge in [0.05, 0.1) is 5.54 Å². The van der Waals surface area contributed by atoms with Crippen LogP contribution in [0.3, 0.4) is 0 Å². The minimum atomic E-state index is -0.762. The Morgan fingerprint density at radius 2 is 1.96 bits per heavy atom. The van der Waals surface area contributed by atoms with E-state index in [4.69, 9.17) is 4.74 Å². The molecule has 0 saturated carbocycles. The molecule has 0 bridgehead atoms. The molecule has 1 unspecified atom stereocenters. The Morgan fingerprint density at radius 1 is 1.17 bits per heavy atom. The minimum absolute atomic E-state index is 0.234. The lowest BCUT2D eigenvalue weighted by Crippen LogP contribution is -2.17. The summed E-state index contributed by atoms with van der Waals surface area (Å²) in [5, 5.41) is 10.9. The lowest BCUT2D eigenvalue weighted by Gasteiger charge is -2.18. The van der Waals surface area contributed by atoms with Gasteiger partial charge in [0.25, 0.3) is 0 Å². The molecule has 1 aliphatic heterocycles. The normalized spacial score (nSPS) is 17.5. The molecule has 2 heterocycles. The van der Waals surface area contributed by atoms with Crippen LogP contribution < -0.4 is 0 Å². The second-order valence-corrected chi connectivity index (χ2v) is 7.21. The molecule has 2 aromatic rings. The van der Waals surface area contributed by atoms with Crippen molar-refractivity contribution in [1.82, 2.24) is 4.98 Å². The van der Waals surface area contributed by atoms with Crippen LogP contribution in [-0.4, -0.2) is 28.1 Å². The molecule has 1 aliphatic rings. The fraction of sp³-hybridized carbons (Fsp3) is 0.400. The largest absolute Gasteiger partial charge is 0.475 e. The highest BCUT2D eigenvalue weighted by atomic mass is 16.5. The van der Waals surface area contributed by atoms with Crippen molar-refractivity contribution in [2.75, 3.05) is 6.61 Å². The van der Waals surface area contributed by atoms with Crippen LogP contribution in [0, 0.1) is 0 Å². The maximum atomic E-state index is 10.9. The van der Waals surface area contributed by atoms with E-state index in [2.05, 4.69) is 36.0 Å². The molecule has 24 heavy (non-hydrogen) atoms. The fourth-order valence-electron chi connectivity index (χ4n) is 2.80. The second kappa shape index (κ2) is 6.36. The predicted octanol–water partition coefficient (Wildman–Crippen LogP) is 3.84. The number of pyridine rings is 1. The quantitative estimate of drug-likeness (QED) is 0.929. The Balaban J connectivity index is 2.09. The highest BCUT2D eigenvalue weighted by Gasteiger charge is 2.29. The highest BCUT2D eigenvalue weighted by molar-refractivity contribution is 5.97. The van der Waals surface area contributed by atoms with E-state index in [9.17, 15) is 5.11 Å². The zero-order chi connectivity index (χ0) is 17.3. The fourth-order valence-corrected chi connectivity index (χ4v) is 2.80. The number of aliphatic hydroxyl groups excluding tert-OH is 1. The molecule has 0 amide bonds. The second-order valence-electron chi connectivity index (χ2n) is 7.21. The molecule has 4 nitrogen and oxygen atoms in total. The number of hydrogen-bond donors (Lipinski definition) is 1. The van der Waals surface area contributed by atoms with Gasteiger partial charge >= 0.3 is 0 Å². The van der Waals surface area contributed by atoms with Crippen LogP contribution in [0.4, 0.5) is 0 Å². The Bertz CT molecular complexity index is 751. The van der Waals surface area contributed by atoms with Gasteiger partial charge < -0.3 is 9.84 Å². The van der Waals surface area contributed by atoms with Gasteiger partial charge in [0, 0.05) is 23.5 Å². The SMILES string of the molecule is CC(C)c1ccc(C2=NC(C)(C)CO2)c(C(O)c2cccnc2)c1. The number of nitrogens with zero attached hydrogens (tertiary/aromatic N) is 2. The first-order valence-electron chi connectivity index (χ1n) is 8.32. The summed E-state index contributed by atoms with van der Waals surface area (Å²) < 4.78 is 5.80. The number of ether oxygens (including phenoxy) is 1. The van der Waals surface area contributed by atoms with Gasteiger partial charge in [-0.1, -0.05) is 32.0 Å². The van der Waals surface area contributed by atoms with E-state index < -0.39 is 6.10 Å². The van der Waals surface area contributed by atoms with Gasteiger partial charge in [-0.2, -0.15) is 0 Å². The molecule has 4 heteroatoms. The first kappa shape index (κ1) is 16.7. The summed E-state index contributed by atoms with van der Waals surface area (Å²) in [6.07, 6.45) is 2.63. The van der Waals surface area contributed by atoms with Crippen molar-refractivity contribution in [1.29, 1.82) is 0 Å². The van der Waals surface area contributed by atoms with E-state index >= 15 is 0 Å². The molecule has 126 valence electrons. The lowest BCUT2D eigenvalue weighted by atomic mass is 9.92. The summed E-state index contributed by atoms with van der Waals surface area (Å²) in [6, 6.07) is 9.85. The van der Waals surface area contributed by atoms with Gasteiger partial charge in [-0.25, -0.2) is 4.99 Å². The van der Waals surface area contributed by atoms with Crippen molar-refractivity contribution >= 4 is 5.90 Å². The average Bonchev–Trinajstić information content (AvgIpc) is 2.94. The summed E-state index contributed by atoms with van der Waals surface area (Å²) in [4.78, 5) is 8.79. The van der Waals surface area contributed by atoms with Crippen molar-refractivity contribution in [3.8, 4) is 0 Å². The Kier molecular flexibility index (Phi) is 4.41. The van der Waals surface area contributed by atoms with Crippen LogP contribution in [0.25, 0.3) is 0 Å². The van der Waals surface area contributed by atoms with E-state index in [0.717, 1.165) is 16.7 Å². The number of rotatable bonds is 4. The monoisotopic (exact) mass is 324 g/mol. The van der Waals surface area contributed by atoms with Gasteiger partial charge in [0.1, 0.15) is 12.7 Å². The molecule has 1 aromatic carbocycles. The zero-order valence-corrected chi connectivity index (χ0v) is 14.7. The topological polar surface area (TPSA) is 54.7 Å². The predicted molar refractivity (Wildman–Crippen MR) is 95.4 cm³/mol. The minimum Gasteiger partial charge on any atom is -0.475 e. The Labute approximate surface area is 143 Å². The molecule has 1 atom stereocenters. The Morgan fingerprint density at radius 3 is 2.54 bits per heavy atom. The molecular weight excluding hydrogens is 300 g/mol. The van der Waals surface area contributed by atoms with E-state index in [-0.39, 0.29) is 5.54 Å². The Hall–Kier alpha value is -2.20. The van der Waals surface area contributed by atoms with Crippen molar-refractivity contribution in [2.24, 2.45) is 4.99 Å². The van der Waals surface area contributed by atoms with Crippen LogP contribution in [-0.2, 0) is 4.74 Å². The van der Waals surface area contributed by atoms with Gasteiger partial charge in [-0.15, -0.1) is 0 Å². The zero-order valence-electron chi connectivity index (χ0n) is 14.7. The molecule has 0 aliphatic carbocycles. The summed E-state index contributed by atoms with van der Waals surface area (Å²) in [7, 11) is 0. The average molecular weight is 324 g/mol. The molecule has 0 saturated heterocycles. The third-order valence-corrected chi connectivity index (χ3v) is 4.23. The molecule has 1 N–H and O–H groups in total. The van der Waals surface area contributed by atoms with Crippen molar-refractivity contribution < 1.29 is 9.84 Å². The number of benzene rings is 1. The first-order chi connectivity index (χ1) is 11.4. The standard InChI is InChI=1S/C20H24N2O2/c1-13(2)14-7-8-16(19-22-20(3,4)12-24-19)17(10-14)18(23)15-6-5-9-21-11-15/h5-11,13,18,23H,12H2,1-4H3. The molecule has 1 aromatic heterocycles. The van der Waals surface area contributed by atoms with Crippen LogP contribution in [0.1, 0.15) is 62.0 Å². The smallest absolute Gasteiger partial charge is 0.217 e. The third-order valence-electron chi connectivity index (χ3n) is 4.23. The van der Waals surface area contributed by atoms with Crippen LogP contribution in [0.5, 0.6) is 0 Å². The van der Waals surface area contributed by atoms with Gasteiger partial charge in [-0.3, -0.25) is 4.98 Å². The summed E-state index contributed by atoms with van der Waals surface area (Å²) >= 11 is 0. The lowest BCUT2D eigenvalue weighted by molar-refractivity contribution is 0.218. The van der Waals surface area contributed by atoms with Gasteiger partial charge in [0.2, 0.25) is 5.90 Å². The summed E-state index contributed by atoms with van der Waals surface area (Å²) in [5.41, 5.74) is 3.36.